The molecule has 4 nitrogen and oxygen atoms in total. The summed E-state index contributed by atoms with van der Waals surface area (Å²) in [5.41, 5.74) is 0.656. The van der Waals surface area contributed by atoms with Gasteiger partial charge in [0.1, 0.15) is 0 Å². The van der Waals surface area contributed by atoms with E-state index in [2.05, 4.69) is 10.0 Å². The van der Waals surface area contributed by atoms with Crippen LogP contribution in [0.15, 0.2) is 42.5 Å². The molecule has 112 valence electrons. The molecule has 1 atom stereocenters. The van der Waals surface area contributed by atoms with Crippen molar-refractivity contribution in [3.63, 3.8) is 0 Å². The number of benzene rings is 2. The SMILES string of the molecule is O=S(=O)(CC1CCCCN1)Nc1cccc2ccccc12. The summed E-state index contributed by atoms with van der Waals surface area (Å²) in [6.45, 7) is 0.911. The van der Waals surface area contributed by atoms with E-state index < -0.39 is 10.0 Å². The maximum Gasteiger partial charge on any atom is 0.234 e. The van der Waals surface area contributed by atoms with Gasteiger partial charge in [-0.25, -0.2) is 8.42 Å². The monoisotopic (exact) mass is 304 g/mol. The van der Waals surface area contributed by atoms with Gasteiger partial charge in [0.15, 0.2) is 0 Å². The molecule has 1 aliphatic heterocycles. The molecule has 0 spiro atoms. The highest BCUT2D eigenvalue weighted by molar-refractivity contribution is 7.92. The zero-order chi connectivity index (χ0) is 14.7. The molecule has 1 saturated heterocycles. The maximum absolute atomic E-state index is 12.4. The quantitative estimate of drug-likeness (QED) is 0.913. The summed E-state index contributed by atoms with van der Waals surface area (Å²) in [5, 5.41) is 5.25. The number of fused-ring (bicyclic) bond motifs is 1. The van der Waals surface area contributed by atoms with Crippen LogP contribution in [0.1, 0.15) is 19.3 Å². The Morgan fingerprint density at radius 3 is 2.71 bits per heavy atom. The van der Waals surface area contributed by atoms with E-state index >= 15 is 0 Å². The van der Waals surface area contributed by atoms with Crippen molar-refractivity contribution in [2.24, 2.45) is 0 Å². The van der Waals surface area contributed by atoms with Crippen molar-refractivity contribution in [2.75, 3.05) is 17.0 Å². The lowest BCUT2D eigenvalue weighted by atomic mass is 10.1. The predicted molar refractivity (Wildman–Crippen MR) is 87.0 cm³/mol. The van der Waals surface area contributed by atoms with Gasteiger partial charge in [-0.3, -0.25) is 4.72 Å². The zero-order valence-corrected chi connectivity index (χ0v) is 12.7. The number of piperidine rings is 1. The van der Waals surface area contributed by atoms with Gasteiger partial charge in [0, 0.05) is 11.4 Å². The second-order valence-corrected chi connectivity index (χ2v) is 7.32. The fraction of sp³-hybridized carbons (Fsp3) is 0.375. The molecule has 1 heterocycles. The van der Waals surface area contributed by atoms with Crippen molar-refractivity contribution >= 4 is 26.5 Å². The smallest absolute Gasteiger partial charge is 0.234 e. The maximum atomic E-state index is 12.4. The second-order valence-electron chi connectivity index (χ2n) is 5.56. The number of anilines is 1. The summed E-state index contributed by atoms with van der Waals surface area (Å²) in [7, 11) is -3.34. The summed E-state index contributed by atoms with van der Waals surface area (Å²) in [5.74, 6) is 0.135. The van der Waals surface area contributed by atoms with Crippen molar-refractivity contribution < 1.29 is 8.42 Å². The van der Waals surface area contributed by atoms with E-state index in [0.29, 0.717) is 5.69 Å². The van der Waals surface area contributed by atoms with Crippen LogP contribution in [-0.4, -0.2) is 26.8 Å². The molecule has 0 saturated carbocycles. The van der Waals surface area contributed by atoms with Crippen LogP contribution < -0.4 is 10.0 Å². The van der Waals surface area contributed by atoms with E-state index in [1.54, 1.807) is 0 Å². The van der Waals surface area contributed by atoms with Crippen LogP contribution in [0.2, 0.25) is 0 Å². The average molecular weight is 304 g/mol. The first-order valence-corrected chi connectivity index (χ1v) is 9.01. The number of nitrogens with one attached hydrogen (secondary N) is 2. The molecular weight excluding hydrogens is 284 g/mol. The summed E-state index contributed by atoms with van der Waals surface area (Å²) in [6, 6.07) is 13.5. The van der Waals surface area contributed by atoms with Crippen molar-refractivity contribution in [1.82, 2.24) is 5.32 Å². The van der Waals surface area contributed by atoms with Gasteiger partial charge in [0.05, 0.1) is 11.4 Å². The summed E-state index contributed by atoms with van der Waals surface area (Å²) in [6.07, 6.45) is 3.16. The van der Waals surface area contributed by atoms with E-state index in [4.69, 9.17) is 0 Å². The third kappa shape index (κ3) is 3.54. The number of rotatable bonds is 4. The molecule has 1 aliphatic rings. The first-order chi connectivity index (χ1) is 10.1. The van der Waals surface area contributed by atoms with Crippen LogP contribution in [0.4, 0.5) is 5.69 Å². The molecule has 2 aromatic carbocycles. The fourth-order valence-corrected chi connectivity index (χ4v) is 4.27. The van der Waals surface area contributed by atoms with Gasteiger partial charge in [-0.2, -0.15) is 0 Å². The van der Waals surface area contributed by atoms with Gasteiger partial charge < -0.3 is 5.32 Å². The topological polar surface area (TPSA) is 58.2 Å². The van der Waals surface area contributed by atoms with Crippen LogP contribution in [0.25, 0.3) is 10.8 Å². The van der Waals surface area contributed by atoms with Crippen molar-refractivity contribution in [3.8, 4) is 0 Å². The Kier molecular flexibility index (Phi) is 4.12. The van der Waals surface area contributed by atoms with E-state index in [-0.39, 0.29) is 11.8 Å². The van der Waals surface area contributed by atoms with Crippen LogP contribution in [0.3, 0.4) is 0 Å². The highest BCUT2D eigenvalue weighted by Crippen LogP contribution is 2.24. The largest absolute Gasteiger partial charge is 0.313 e. The zero-order valence-electron chi connectivity index (χ0n) is 11.9. The third-order valence-electron chi connectivity index (χ3n) is 3.89. The molecule has 0 aromatic heterocycles. The van der Waals surface area contributed by atoms with E-state index in [0.717, 1.165) is 36.6 Å². The molecule has 2 aromatic rings. The molecule has 5 heteroatoms. The van der Waals surface area contributed by atoms with Crippen molar-refractivity contribution in [1.29, 1.82) is 0 Å². The molecule has 0 radical (unpaired) electrons. The summed E-state index contributed by atoms with van der Waals surface area (Å²) >= 11 is 0. The highest BCUT2D eigenvalue weighted by atomic mass is 32.2. The predicted octanol–water partition coefficient (Wildman–Crippen LogP) is 2.72. The molecule has 0 bridgehead atoms. The normalized spacial score (nSPS) is 19.5. The molecule has 1 unspecified atom stereocenters. The van der Waals surface area contributed by atoms with Crippen LogP contribution in [-0.2, 0) is 10.0 Å². The Labute approximate surface area is 125 Å². The molecular formula is C16H20N2O2S. The number of sulfonamides is 1. The van der Waals surface area contributed by atoms with Gasteiger partial charge >= 0.3 is 0 Å². The molecule has 2 N–H and O–H groups in total. The molecule has 21 heavy (non-hydrogen) atoms. The lowest BCUT2D eigenvalue weighted by Gasteiger charge is -2.23. The standard InChI is InChI=1S/C16H20N2O2S/c19-21(20,12-14-8-3-4-11-17-14)18-16-10-5-7-13-6-1-2-9-15(13)16/h1-2,5-7,9-10,14,17-18H,3-4,8,11-12H2. The second kappa shape index (κ2) is 6.03. The van der Waals surface area contributed by atoms with E-state index in [1.807, 2.05) is 42.5 Å². The van der Waals surface area contributed by atoms with E-state index in [9.17, 15) is 8.42 Å². The fourth-order valence-electron chi connectivity index (χ4n) is 2.85. The lowest BCUT2D eigenvalue weighted by Crippen LogP contribution is -2.40. The van der Waals surface area contributed by atoms with Crippen LogP contribution in [0, 0.1) is 0 Å². The van der Waals surface area contributed by atoms with Gasteiger partial charge in [-0.05, 0) is 30.8 Å². The Balaban J connectivity index is 1.80. The van der Waals surface area contributed by atoms with Crippen LogP contribution in [0.5, 0.6) is 0 Å². The summed E-state index contributed by atoms with van der Waals surface area (Å²) < 4.78 is 27.5. The van der Waals surface area contributed by atoms with Crippen molar-refractivity contribution in [2.45, 2.75) is 25.3 Å². The highest BCUT2D eigenvalue weighted by Gasteiger charge is 2.21. The summed E-state index contributed by atoms with van der Waals surface area (Å²) in [4.78, 5) is 0. The van der Waals surface area contributed by atoms with Gasteiger partial charge in [0.25, 0.3) is 0 Å². The number of hydrogen-bond donors (Lipinski definition) is 2. The lowest BCUT2D eigenvalue weighted by molar-refractivity contribution is 0.424. The molecule has 3 rings (SSSR count). The van der Waals surface area contributed by atoms with Gasteiger partial charge in [-0.1, -0.05) is 42.8 Å². The third-order valence-corrected chi connectivity index (χ3v) is 5.26. The van der Waals surface area contributed by atoms with Gasteiger partial charge in [0.2, 0.25) is 10.0 Å². The first kappa shape index (κ1) is 14.4. The Morgan fingerprint density at radius 2 is 1.90 bits per heavy atom. The minimum atomic E-state index is -3.34. The van der Waals surface area contributed by atoms with Crippen molar-refractivity contribution in [3.05, 3.63) is 42.5 Å². The Hall–Kier alpha value is -1.59. The minimum absolute atomic E-state index is 0.0613. The Bertz CT molecular complexity index is 717. The van der Waals surface area contributed by atoms with Gasteiger partial charge in [-0.15, -0.1) is 0 Å². The molecule has 1 fully saturated rings. The molecule has 0 amide bonds. The Morgan fingerprint density at radius 1 is 1.10 bits per heavy atom. The first-order valence-electron chi connectivity index (χ1n) is 7.36. The average Bonchev–Trinajstić information content (AvgIpc) is 2.48. The minimum Gasteiger partial charge on any atom is -0.313 e. The molecule has 0 aliphatic carbocycles. The number of hydrogen-bond acceptors (Lipinski definition) is 3. The van der Waals surface area contributed by atoms with E-state index in [1.165, 1.54) is 0 Å². The van der Waals surface area contributed by atoms with Crippen LogP contribution >= 0.6 is 0 Å².